The maximum absolute atomic E-state index is 13.4. The largest absolute Gasteiger partial charge is 0.355 e. The van der Waals surface area contributed by atoms with Gasteiger partial charge in [0.25, 0.3) is 0 Å². The van der Waals surface area contributed by atoms with Crippen LogP contribution in [-0.2, 0) is 11.3 Å². The fraction of sp³-hybridized carbons (Fsp3) is 0.478. The molecular weight excluding hydrogens is 428 g/mol. The van der Waals surface area contributed by atoms with Crippen LogP contribution >= 0.6 is 0 Å². The van der Waals surface area contributed by atoms with Crippen LogP contribution < -0.4 is 10.2 Å². The number of anilines is 1. The average Bonchev–Trinajstić information content (AvgIpc) is 3.31. The first kappa shape index (κ1) is 21.7. The minimum absolute atomic E-state index is 0.0140. The summed E-state index contributed by atoms with van der Waals surface area (Å²) in [5.74, 6) is -0.611. The molecular formula is C23H27F2N7O. The van der Waals surface area contributed by atoms with E-state index in [1.807, 2.05) is 12.1 Å². The van der Waals surface area contributed by atoms with Crippen LogP contribution in [-0.4, -0.2) is 62.8 Å². The Balaban J connectivity index is 1.07. The van der Waals surface area contributed by atoms with E-state index in [-0.39, 0.29) is 17.9 Å². The van der Waals surface area contributed by atoms with E-state index >= 15 is 0 Å². The van der Waals surface area contributed by atoms with Crippen LogP contribution in [0.4, 0.5) is 14.6 Å². The molecule has 1 aromatic carbocycles. The predicted molar refractivity (Wildman–Crippen MR) is 119 cm³/mol. The highest BCUT2D eigenvalue weighted by molar-refractivity contribution is 5.79. The summed E-state index contributed by atoms with van der Waals surface area (Å²) in [5.41, 5.74) is 1.48. The Hall–Kier alpha value is -3.14. The summed E-state index contributed by atoms with van der Waals surface area (Å²) in [7, 11) is 0. The van der Waals surface area contributed by atoms with E-state index in [4.69, 9.17) is 0 Å². The van der Waals surface area contributed by atoms with Gasteiger partial charge in [-0.25, -0.2) is 8.78 Å². The molecule has 0 atom stereocenters. The van der Waals surface area contributed by atoms with Crippen LogP contribution in [0.25, 0.3) is 5.65 Å². The van der Waals surface area contributed by atoms with Gasteiger partial charge in [0.2, 0.25) is 5.91 Å². The van der Waals surface area contributed by atoms with E-state index < -0.39 is 11.6 Å². The number of rotatable bonds is 5. The lowest BCUT2D eigenvalue weighted by molar-refractivity contribution is -0.126. The Bertz CT molecular complexity index is 1120. The van der Waals surface area contributed by atoms with E-state index in [1.54, 1.807) is 16.9 Å². The molecule has 0 bridgehead atoms. The van der Waals surface area contributed by atoms with E-state index in [1.165, 1.54) is 12.1 Å². The van der Waals surface area contributed by atoms with Crippen molar-refractivity contribution in [2.75, 3.05) is 31.1 Å². The Morgan fingerprint density at radius 2 is 1.79 bits per heavy atom. The van der Waals surface area contributed by atoms with E-state index in [2.05, 4.69) is 30.4 Å². The Labute approximate surface area is 190 Å². The Morgan fingerprint density at radius 3 is 2.55 bits per heavy atom. The van der Waals surface area contributed by atoms with Gasteiger partial charge < -0.3 is 10.2 Å². The number of halogens is 2. The number of piperidine rings is 2. The number of hydrogen-bond donors (Lipinski definition) is 1. The lowest BCUT2D eigenvalue weighted by Crippen LogP contribution is -2.48. The van der Waals surface area contributed by atoms with Crippen molar-refractivity contribution in [2.45, 2.75) is 38.3 Å². The second kappa shape index (κ2) is 9.38. The molecule has 174 valence electrons. The third-order valence-corrected chi connectivity index (χ3v) is 6.66. The van der Waals surface area contributed by atoms with Gasteiger partial charge >= 0.3 is 0 Å². The number of likely N-dealkylation sites (tertiary alicyclic amines) is 1. The molecule has 0 radical (unpaired) electrons. The molecule has 5 rings (SSSR count). The second-order valence-corrected chi connectivity index (χ2v) is 8.89. The standard InChI is InChI=1S/C23H27F2N7O/c24-19-2-1-16(13-20(19)25)14-30-9-7-18(8-10-30)27-23(33)17-5-11-31(12-6-17)22-4-3-21-28-26-15-32(21)29-22/h1-4,13,15,17-18H,5-12,14H2,(H,27,33). The molecule has 0 unspecified atom stereocenters. The van der Waals surface area contributed by atoms with Crippen LogP contribution in [0.3, 0.4) is 0 Å². The van der Waals surface area contributed by atoms with Gasteiger partial charge in [-0.05, 0) is 55.5 Å². The van der Waals surface area contributed by atoms with Gasteiger partial charge in [0.05, 0.1) is 0 Å². The first-order valence-electron chi connectivity index (χ1n) is 11.4. The van der Waals surface area contributed by atoms with Gasteiger partial charge in [-0.15, -0.1) is 15.3 Å². The summed E-state index contributed by atoms with van der Waals surface area (Å²) in [6.07, 6.45) is 4.89. The van der Waals surface area contributed by atoms with Crippen molar-refractivity contribution >= 4 is 17.4 Å². The van der Waals surface area contributed by atoms with Gasteiger partial charge in [0.15, 0.2) is 17.3 Å². The zero-order valence-corrected chi connectivity index (χ0v) is 18.3. The molecule has 2 aliphatic rings. The summed E-state index contributed by atoms with van der Waals surface area (Å²) in [6, 6.07) is 8.06. The summed E-state index contributed by atoms with van der Waals surface area (Å²) in [6.45, 7) is 3.79. The van der Waals surface area contributed by atoms with Crippen molar-refractivity contribution in [2.24, 2.45) is 5.92 Å². The minimum atomic E-state index is -0.821. The summed E-state index contributed by atoms with van der Waals surface area (Å²) < 4.78 is 28.2. The van der Waals surface area contributed by atoms with Crippen LogP contribution in [0.2, 0.25) is 0 Å². The first-order chi connectivity index (χ1) is 16.0. The zero-order chi connectivity index (χ0) is 22.8. The summed E-state index contributed by atoms with van der Waals surface area (Å²) >= 11 is 0. The quantitative estimate of drug-likeness (QED) is 0.637. The molecule has 0 saturated carbocycles. The number of aromatic nitrogens is 4. The lowest BCUT2D eigenvalue weighted by Gasteiger charge is -2.35. The fourth-order valence-corrected chi connectivity index (χ4v) is 4.71. The molecule has 1 N–H and O–H groups in total. The second-order valence-electron chi connectivity index (χ2n) is 8.89. The molecule has 10 heteroatoms. The predicted octanol–water partition coefficient (Wildman–Crippen LogP) is 2.40. The van der Waals surface area contributed by atoms with Crippen LogP contribution in [0.15, 0.2) is 36.7 Å². The molecule has 2 aliphatic heterocycles. The number of amides is 1. The highest BCUT2D eigenvalue weighted by Gasteiger charge is 2.28. The first-order valence-corrected chi connectivity index (χ1v) is 11.4. The molecule has 2 saturated heterocycles. The maximum Gasteiger partial charge on any atom is 0.223 e. The highest BCUT2D eigenvalue weighted by Crippen LogP contribution is 2.23. The van der Waals surface area contributed by atoms with Gasteiger partial charge in [0, 0.05) is 44.7 Å². The number of carbonyl (C=O) groups is 1. The third-order valence-electron chi connectivity index (χ3n) is 6.66. The van der Waals surface area contributed by atoms with Gasteiger partial charge in [-0.1, -0.05) is 6.07 Å². The van der Waals surface area contributed by atoms with E-state index in [0.29, 0.717) is 12.2 Å². The number of benzene rings is 1. The van der Waals surface area contributed by atoms with Crippen LogP contribution in [0.5, 0.6) is 0 Å². The molecule has 0 aliphatic carbocycles. The lowest BCUT2D eigenvalue weighted by atomic mass is 9.94. The molecule has 2 aromatic heterocycles. The molecule has 3 aromatic rings. The SMILES string of the molecule is O=C(NC1CCN(Cc2ccc(F)c(F)c2)CC1)C1CCN(c2ccc3nncn3n2)CC1. The topological polar surface area (TPSA) is 78.7 Å². The molecule has 2 fully saturated rings. The van der Waals surface area contributed by atoms with Crippen molar-refractivity contribution in [1.82, 2.24) is 30.0 Å². The van der Waals surface area contributed by atoms with E-state index in [9.17, 15) is 13.6 Å². The van der Waals surface area contributed by atoms with Crippen LogP contribution in [0.1, 0.15) is 31.2 Å². The van der Waals surface area contributed by atoms with Crippen LogP contribution in [0, 0.1) is 17.6 Å². The molecule has 8 nitrogen and oxygen atoms in total. The van der Waals surface area contributed by atoms with Crippen molar-refractivity contribution in [1.29, 1.82) is 0 Å². The Kier molecular flexibility index (Phi) is 6.17. The van der Waals surface area contributed by atoms with Gasteiger partial charge in [0.1, 0.15) is 12.1 Å². The van der Waals surface area contributed by atoms with Crippen molar-refractivity contribution in [3.63, 3.8) is 0 Å². The molecule has 4 heterocycles. The van der Waals surface area contributed by atoms with Crippen molar-refractivity contribution in [3.8, 4) is 0 Å². The molecule has 33 heavy (non-hydrogen) atoms. The summed E-state index contributed by atoms with van der Waals surface area (Å²) in [5, 5.41) is 15.6. The fourth-order valence-electron chi connectivity index (χ4n) is 4.71. The molecule has 1 amide bonds. The number of nitrogens with one attached hydrogen (secondary N) is 1. The highest BCUT2D eigenvalue weighted by atomic mass is 19.2. The number of hydrogen-bond acceptors (Lipinski definition) is 6. The number of nitrogens with zero attached hydrogens (tertiary/aromatic N) is 6. The normalized spacial score (nSPS) is 18.7. The minimum Gasteiger partial charge on any atom is -0.355 e. The monoisotopic (exact) mass is 455 g/mol. The summed E-state index contributed by atoms with van der Waals surface area (Å²) in [4.78, 5) is 17.2. The number of carbonyl (C=O) groups excluding carboxylic acids is 1. The van der Waals surface area contributed by atoms with Crippen molar-refractivity contribution in [3.05, 3.63) is 53.9 Å². The van der Waals surface area contributed by atoms with Gasteiger partial charge in [-0.3, -0.25) is 9.69 Å². The van der Waals surface area contributed by atoms with E-state index in [0.717, 1.165) is 63.2 Å². The van der Waals surface area contributed by atoms with Crippen molar-refractivity contribution < 1.29 is 13.6 Å². The maximum atomic E-state index is 13.4. The smallest absolute Gasteiger partial charge is 0.223 e. The third kappa shape index (κ3) is 4.95. The average molecular weight is 456 g/mol. The van der Waals surface area contributed by atoms with Gasteiger partial charge in [-0.2, -0.15) is 4.52 Å². The Morgan fingerprint density at radius 1 is 1.00 bits per heavy atom. The molecule has 0 spiro atoms. The zero-order valence-electron chi connectivity index (χ0n) is 18.3. The number of fused-ring (bicyclic) bond motifs is 1.